The summed E-state index contributed by atoms with van der Waals surface area (Å²) in [5.41, 5.74) is 6.75. The molecule has 3 N–H and O–H groups in total. The molecule has 0 saturated carbocycles. The number of amides is 1. The van der Waals surface area contributed by atoms with Gasteiger partial charge in [0.15, 0.2) is 0 Å². The van der Waals surface area contributed by atoms with Gasteiger partial charge in [0, 0.05) is 56.5 Å². The van der Waals surface area contributed by atoms with Crippen LogP contribution >= 0.6 is 11.6 Å². The number of rotatable bonds is 6. The first-order chi connectivity index (χ1) is 12.2. The van der Waals surface area contributed by atoms with E-state index in [2.05, 4.69) is 21.2 Å². The average Bonchev–Trinajstić information content (AvgIpc) is 3.11. The van der Waals surface area contributed by atoms with Crippen molar-refractivity contribution >= 4 is 23.2 Å². The molecule has 2 saturated heterocycles. The van der Waals surface area contributed by atoms with Crippen molar-refractivity contribution < 1.29 is 9.53 Å². The Kier molecular flexibility index (Phi) is 6.53. The number of ether oxygens (including phenoxy) is 1. The lowest BCUT2D eigenvalue weighted by Gasteiger charge is -2.36. The van der Waals surface area contributed by atoms with Crippen LogP contribution in [0.1, 0.15) is 12.8 Å². The summed E-state index contributed by atoms with van der Waals surface area (Å²) in [6.45, 7) is 5.91. The standard InChI is InChI=1S/C18H27ClN4O2/c19-14-2-1-3-15(12-14)23-10-8-22(9-11-23)7-6-21-18(24)17-5-4-16(13-20)25-17/h1-3,12,16-17H,4-11,13,20H2,(H,21,24)/t16-,17+/m1/s1. The third-order valence-electron chi connectivity index (χ3n) is 4.94. The molecule has 0 unspecified atom stereocenters. The summed E-state index contributed by atoms with van der Waals surface area (Å²) < 4.78 is 5.62. The van der Waals surface area contributed by atoms with Gasteiger partial charge in [-0.1, -0.05) is 17.7 Å². The topological polar surface area (TPSA) is 70.8 Å². The highest BCUT2D eigenvalue weighted by atomic mass is 35.5. The van der Waals surface area contributed by atoms with Gasteiger partial charge in [0.1, 0.15) is 6.10 Å². The van der Waals surface area contributed by atoms with Crippen LogP contribution in [0.25, 0.3) is 0 Å². The van der Waals surface area contributed by atoms with Crippen molar-refractivity contribution in [1.29, 1.82) is 0 Å². The first kappa shape index (κ1) is 18.5. The molecule has 0 radical (unpaired) electrons. The van der Waals surface area contributed by atoms with E-state index >= 15 is 0 Å². The molecule has 2 aliphatic heterocycles. The lowest BCUT2D eigenvalue weighted by molar-refractivity contribution is -0.131. The normalized spacial score (nSPS) is 24.5. The zero-order valence-electron chi connectivity index (χ0n) is 14.5. The second-order valence-electron chi connectivity index (χ2n) is 6.66. The zero-order valence-corrected chi connectivity index (χ0v) is 15.3. The molecule has 2 aliphatic rings. The van der Waals surface area contributed by atoms with Crippen LogP contribution in [0.4, 0.5) is 5.69 Å². The van der Waals surface area contributed by atoms with E-state index in [1.54, 1.807) is 0 Å². The van der Waals surface area contributed by atoms with Crippen LogP contribution in [0.3, 0.4) is 0 Å². The number of carbonyl (C=O) groups excluding carboxylic acids is 1. The number of benzene rings is 1. The van der Waals surface area contributed by atoms with Gasteiger partial charge < -0.3 is 20.7 Å². The SMILES string of the molecule is NC[C@H]1CC[C@@H](C(=O)NCCN2CCN(c3cccc(Cl)c3)CC2)O1. The second kappa shape index (κ2) is 8.85. The Morgan fingerprint density at radius 1 is 1.28 bits per heavy atom. The quantitative estimate of drug-likeness (QED) is 0.788. The van der Waals surface area contributed by atoms with Crippen LogP contribution in [0.2, 0.25) is 5.02 Å². The molecule has 138 valence electrons. The van der Waals surface area contributed by atoms with E-state index in [9.17, 15) is 4.79 Å². The number of nitrogens with zero attached hydrogens (tertiary/aromatic N) is 2. The number of anilines is 1. The summed E-state index contributed by atoms with van der Waals surface area (Å²) in [6, 6.07) is 7.99. The number of hydrogen-bond donors (Lipinski definition) is 2. The lowest BCUT2D eigenvalue weighted by Crippen LogP contribution is -2.49. The smallest absolute Gasteiger partial charge is 0.249 e. The molecule has 1 aromatic carbocycles. The molecule has 6 nitrogen and oxygen atoms in total. The first-order valence-corrected chi connectivity index (χ1v) is 9.39. The van der Waals surface area contributed by atoms with Crippen LogP contribution in [0.15, 0.2) is 24.3 Å². The van der Waals surface area contributed by atoms with Gasteiger partial charge in [0.2, 0.25) is 5.91 Å². The average molecular weight is 367 g/mol. The molecule has 3 rings (SSSR count). The van der Waals surface area contributed by atoms with Gasteiger partial charge in [0.25, 0.3) is 0 Å². The first-order valence-electron chi connectivity index (χ1n) is 9.02. The van der Waals surface area contributed by atoms with Gasteiger partial charge in [-0.25, -0.2) is 0 Å². The van der Waals surface area contributed by atoms with E-state index in [4.69, 9.17) is 22.1 Å². The number of carbonyl (C=O) groups is 1. The fourth-order valence-electron chi connectivity index (χ4n) is 3.43. The molecule has 1 amide bonds. The number of piperazine rings is 1. The molecule has 2 fully saturated rings. The number of nitrogens with two attached hydrogens (primary N) is 1. The fourth-order valence-corrected chi connectivity index (χ4v) is 3.61. The van der Waals surface area contributed by atoms with E-state index in [0.717, 1.165) is 50.6 Å². The Hall–Kier alpha value is -1.34. The molecule has 1 aromatic rings. The molecule has 2 atom stereocenters. The van der Waals surface area contributed by atoms with E-state index in [0.29, 0.717) is 13.1 Å². The van der Waals surface area contributed by atoms with Crippen molar-refractivity contribution in [2.24, 2.45) is 5.73 Å². The maximum Gasteiger partial charge on any atom is 0.249 e. The summed E-state index contributed by atoms with van der Waals surface area (Å²) in [5, 5.41) is 3.76. The maximum absolute atomic E-state index is 12.1. The van der Waals surface area contributed by atoms with E-state index < -0.39 is 0 Å². The van der Waals surface area contributed by atoms with Crippen LogP contribution in [0, 0.1) is 0 Å². The van der Waals surface area contributed by atoms with Crippen molar-refractivity contribution in [1.82, 2.24) is 10.2 Å². The molecule has 7 heteroatoms. The van der Waals surface area contributed by atoms with Gasteiger partial charge in [-0.3, -0.25) is 9.69 Å². The van der Waals surface area contributed by atoms with Gasteiger partial charge in [-0.15, -0.1) is 0 Å². The Labute approximate surface area is 154 Å². The third-order valence-corrected chi connectivity index (χ3v) is 5.17. The van der Waals surface area contributed by atoms with Gasteiger partial charge >= 0.3 is 0 Å². The van der Waals surface area contributed by atoms with Crippen molar-refractivity contribution in [3.05, 3.63) is 29.3 Å². The lowest BCUT2D eigenvalue weighted by atomic mass is 10.2. The summed E-state index contributed by atoms with van der Waals surface area (Å²) in [6.07, 6.45) is 1.36. The van der Waals surface area contributed by atoms with Gasteiger partial charge in [-0.05, 0) is 31.0 Å². The summed E-state index contributed by atoms with van der Waals surface area (Å²) in [7, 11) is 0. The maximum atomic E-state index is 12.1. The minimum absolute atomic E-state index is 0.00601. The summed E-state index contributed by atoms with van der Waals surface area (Å²) in [4.78, 5) is 16.8. The molecule has 0 spiro atoms. The predicted molar refractivity (Wildman–Crippen MR) is 100 cm³/mol. The summed E-state index contributed by atoms with van der Waals surface area (Å²) >= 11 is 6.07. The molecule has 2 heterocycles. The van der Waals surface area contributed by atoms with E-state index in [1.165, 1.54) is 5.69 Å². The largest absolute Gasteiger partial charge is 0.369 e. The highest BCUT2D eigenvalue weighted by Gasteiger charge is 2.29. The van der Waals surface area contributed by atoms with Gasteiger partial charge in [-0.2, -0.15) is 0 Å². The number of hydrogen-bond acceptors (Lipinski definition) is 5. The summed E-state index contributed by atoms with van der Waals surface area (Å²) in [5.74, 6) is -0.00601. The molecule has 25 heavy (non-hydrogen) atoms. The predicted octanol–water partition coefficient (Wildman–Crippen LogP) is 1.08. The van der Waals surface area contributed by atoms with Crippen molar-refractivity contribution in [2.75, 3.05) is 50.7 Å². The van der Waals surface area contributed by atoms with Crippen molar-refractivity contribution in [3.8, 4) is 0 Å². The number of halogens is 1. The van der Waals surface area contributed by atoms with Crippen molar-refractivity contribution in [3.63, 3.8) is 0 Å². The Morgan fingerprint density at radius 3 is 2.76 bits per heavy atom. The van der Waals surface area contributed by atoms with Crippen LogP contribution < -0.4 is 16.0 Å². The van der Waals surface area contributed by atoms with E-state index in [-0.39, 0.29) is 18.1 Å². The molecule has 0 aromatic heterocycles. The van der Waals surface area contributed by atoms with Crippen LogP contribution in [0.5, 0.6) is 0 Å². The van der Waals surface area contributed by atoms with Gasteiger partial charge in [0.05, 0.1) is 6.10 Å². The highest BCUT2D eigenvalue weighted by molar-refractivity contribution is 6.30. The molecular formula is C18H27ClN4O2. The molecular weight excluding hydrogens is 340 g/mol. The van der Waals surface area contributed by atoms with Crippen LogP contribution in [-0.2, 0) is 9.53 Å². The molecule has 0 aliphatic carbocycles. The molecule has 0 bridgehead atoms. The minimum atomic E-state index is -0.326. The zero-order chi connectivity index (χ0) is 17.6. The Balaban J connectivity index is 1.35. The second-order valence-corrected chi connectivity index (χ2v) is 7.10. The number of nitrogens with one attached hydrogen (secondary N) is 1. The third kappa shape index (κ3) is 5.07. The van der Waals surface area contributed by atoms with Crippen LogP contribution in [-0.4, -0.2) is 68.8 Å². The van der Waals surface area contributed by atoms with Crippen molar-refractivity contribution in [2.45, 2.75) is 25.0 Å². The minimum Gasteiger partial charge on any atom is -0.369 e. The Bertz CT molecular complexity index is 578. The Morgan fingerprint density at radius 2 is 2.08 bits per heavy atom. The monoisotopic (exact) mass is 366 g/mol. The fraction of sp³-hybridized carbons (Fsp3) is 0.611. The van der Waals surface area contributed by atoms with E-state index in [1.807, 2.05) is 18.2 Å². The highest BCUT2D eigenvalue weighted by Crippen LogP contribution is 2.21.